The first-order valence-corrected chi connectivity index (χ1v) is 3.93. The molecule has 64 valence electrons. The van der Waals surface area contributed by atoms with Crippen LogP contribution in [0.4, 0.5) is 5.69 Å². The maximum atomic E-state index is 11.0. The molecule has 1 heterocycles. The Morgan fingerprint density at radius 3 is 2.92 bits per heavy atom. The number of methoxy groups -OCH3 is 1. The standard InChI is InChI=1S/C7H7BrN2O2/c1-12-7(11)4-2-10-3-5(9)6(4)8/h2-3H,9H2,1H3. The summed E-state index contributed by atoms with van der Waals surface area (Å²) in [5, 5.41) is 0. The molecular weight excluding hydrogens is 224 g/mol. The van der Waals surface area contributed by atoms with Crippen LogP contribution in [0.1, 0.15) is 10.4 Å². The molecule has 0 atom stereocenters. The largest absolute Gasteiger partial charge is 0.465 e. The molecular formula is C7H7BrN2O2. The number of hydrogen-bond donors (Lipinski definition) is 1. The van der Waals surface area contributed by atoms with E-state index < -0.39 is 5.97 Å². The van der Waals surface area contributed by atoms with E-state index in [-0.39, 0.29) is 0 Å². The van der Waals surface area contributed by atoms with Gasteiger partial charge in [-0.25, -0.2) is 4.79 Å². The first-order chi connectivity index (χ1) is 5.66. The van der Waals surface area contributed by atoms with Gasteiger partial charge >= 0.3 is 5.97 Å². The van der Waals surface area contributed by atoms with Gasteiger partial charge in [0, 0.05) is 6.20 Å². The average molecular weight is 231 g/mol. The van der Waals surface area contributed by atoms with Crippen LogP contribution in [0.15, 0.2) is 16.9 Å². The van der Waals surface area contributed by atoms with Crippen molar-refractivity contribution in [3.63, 3.8) is 0 Å². The fourth-order valence-electron chi connectivity index (χ4n) is 0.713. The third kappa shape index (κ3) is 1.55. The van der Waals surface area contributed by atoms with Gasteiger partial charge in [-0.3, -0.25) is 4.98 Å². The number of pyridine rings is 1. The molecule has 0 bridgehead atoms. The zero-order chi connectivity index (χ0) is 9.14. The zero-order valence-corrected chi connectivity index (χ0v) is 7.96. The number of hydrogen-bond acceptors (Lipinski definition) is 4. The number of rotatable bonds is 1. The van der Waals surface area contributed by atoms with Gasteiger partial charge in [0.1, 0.15) is 0 Å². The number of nitrogens with two attached hydrogens (primary N) is 1. The Morgan fingerprint density at radius 2 is 2.33 bits per heavy atom. The van der Waals surface area contributed by atoms with Crippen molar-refractivity contribution in [2.45, 2.75) is 0 Å². The summed E-state index contributed by atoms with van der Waals surface area (Å²) in [6.07, 6.45) is 2.85. The van der Waals surface area contributed by atoms with Gasteiger partial charge in [0.05, 0.1) is 29.0 Å². The molecule has 4 nitrogen and oxygen atoms in total. The molecule has 0 aliphatic carbocycles. The minimum atomic E-state index is -0.457. The molecule has 1 aromatic heterocycles. The number of nitrogen functional groups attached to an aromatic ring is 1. The van der Waals surface area contributed by atoms with Crippen LogP contribution in [0.25, 0.3) is 0 Å². The van der Waals surface area contributed by atoms with Gasteiger partial charge in [0.25, 0.3) is 0 Å². The Morgan fingerprint density at radius 1 is 1.67 bits per heavy atom. The van der Waals surface area contributed by atoms with Gasteiger partial charge < -0.3 is 10.5 Å². The SMILES string of the molecule is COC(=O)c1cncc(N)c1Br. The van der Waals surface area contributed by atoms with E-state index in [1.807, 2.05) is 0 Å². The molecule has 0 radical (unpaired) electrons. The van der Waals surface area contributed by atoms with Crippen LogP contribution in [0.5, 0.6) is 0 Å². The molecule has 0 fully saturated rings. The van der Waals surface area contributed by atoms with Crippen molar-refractivity contribution in [1.29, 1.82) is 0 Å². The van der Waals surface area contributed by atoms with Gasteiger partial charge in [-0.15, -0.1) is 0 Å². The Balaban J connectivity index is 3.16. The van der Waals surface area contributed by atoms with Crippen LogP contribution in [-0.2, 0) is 4.74 Å². The molecule has 0 unspecified atom stereocenters. The smallest absolute Gasteiger partial charge is 0.340 e. The molecule has 1 rings (SSSR count). The Hall–Kier alpha value is -1.10. The zero-order valence-electron chi connectivity index (χ0n) is 6.37. The van der Waals surface area contributed by atoms with Crippen molar-refractivity contribution in [3.8, 4) is 0 Å². The Labute approximate surface area is 77.9 Å². The fraction of sp³-hybridized carbons (Fsp3) is 0.143. The number of carbonyl (C=O) groups is 1. The Kier molecular flexibility index (Phi) is 2.65. The number of esters is 1. The van der Waals surface area contributed by atoms with E-state index in [1.165, 1.54) is 19.5 Å². The third-order valence-corrected chi connectivity index (χ3v) is 2.20. The van der Waals surface area contributed by atoms with Gasteiger partial charge in [-0.2, -0.15) is 0 Å². The second-order valence-corrected chi connectivity index (χ2v) is 2.87. The molecule has 0 aliphatic rings. The normalized spacial score (nSPS) is 9.50. The first kappa shape index (κ1) is 8.99. The lowest BCUT2D eigenvalue weighted by atomic mass is 10.3. The van der Waals surface area contributed by atoms with Gasteiger partial charge in [-0.1, -0.05) is 0 Å². The molecule has 0 saturated carbocycles. The fourth-order valence-corrected chi connectivity index (χ4v) is 1.08. The van der Waals surface area contributed by atoms with Crippen LogP contribution in [0, 0.1) is 0 Å². The molecule has 0 amide bonds. The highest BCUT2D eigenvalue weighted by Crippen LogP contribution is 2.22. The number of ether oxygens (including phenoxy) is 1. The maximum Gasteiger partial charge on any atom is 0.340 e. The van der Waals surface area contributed by atoms with Crippen LogP contribution < -0.4 is 5.73 Å². The van der Waals surface area contributed by atoms with Gasteiger partial charge in [-0.05, 0) is 15.9 Å². The lowest BCUT2D eigenvalue weighted by Crippen LogP contribution is -2.04. The van der Waals surface area contributed by atoms with E-state index in [1.54, 1.807) is 0 Å². The highest BCUT2D eigenvalue weighted by Gasteiger charge is 2.11. The predicted octanol–water partition coefficient (Wildman–Crippen LogP) is 1.21. The van der Waals surface area contributed by atoms with Crippen molar-refractivity contribution in [3.05, 3.63) is 22.4 Å². The van der Waals surface area contributed by atoms with E-state index in [4.69, 9.17) is 5.73 Å². The summed E-state index contributed by atoms with van der Waals surface area (Å²) < 4.78 is 5.03. The molecule has 0 spiro atoms. The highest BCUT2D eigenvalue weighted by atomic mass is 79.9. The summed E-state index contributed by atoms with van der Waals surface area (Å²) in [5.41, 5.74) is 6.24. The Bertz CT molecular complexity index is 314. The molecule has 2 N–H and O–H groups in total. The monoisotopic (exact) mass is 230 g/mol. The van der Waals surface area contributed by atoms with Crippen molar-refractivity contribution >= 4 is 27.6 Å². The highest BCUT2D eigenvalue weighted by molar-refractivity contribution is 9.10. The second-order valence-electron chi connectivity index (χ2n) is 2.08. The number of nitrogens with zero attached hydrogens (tertiary/aromatic N) is 1. The minimum absolute atomic E-state index is 0.331. The molecule has 12 heavy (non-hydrogen) atoms. The van der Waals surface area contributed by atoms with Crippen molar-refractivity contribution in [2.24, 2.45) is 0 Å². The molecule has 5 heteroatoms. The van der Waals surface area contributed by atoms with E-state index in [2.05, 4.69) is 25.7 Å². The van der Waals surface area contributed by atoms with E-state index in [9.17, 15) is 4.79 Å². The topological polar surface area (TPSA) is 65.2 Å². The minimum Gasteiger partial charge on any atom is -0.465 e. The summed E-state index contributed by atoms with van der Waals surface area (Å²) in [7, 11) is 1.30. The van der Waals surface area contributed by atoms with E-state index in [0.717, 1.165) is 0 Å². The summed E-state index contributed by atoms with van der Waals surface area (Å²) in [5.74, 6) is -0.457. The molecule has 1 aromatic rings. The van der Waals surface area contributed by atoms with Crippen molar-refractivity contribution < 1.29 is 9.53 Å². The molecule has 0 aliphatic heterocycles. The third-order valence-electron chi connectivity index (χ3n) is 1.31. The number of aromatic nitrogens is 1. The number of anilines is 1. The number of halogens is 1. The maximum absolute atomic E-state index is 11.0. The van der Waals surface area contributed by atoms with Crippen molar-refractivity contribution in [1.82, 2.24) is 4.98 Å². The van der Waals surface area contributed by atoms with Crippen molar-refractivity contribution in [2.75, 3.05) is 12.8 Å². The van der Waals surface area contributed by atoms with E-state index in [0.29, 0.717) is 15.7 Å². The first-order valence-electron chi connectivity index (χ1n) is 3.14. The lowest BCUT2D eigenvalue weighted by molar-refractivity contribution is 0.0599. The number of carbonyl (C=O) groups excluding carboxylic acids is 1. The van der Waals surface area contributed by atoms with Crippen LogP contribution in [0.2, 0.25) is 0 Å². The van der Waals surface area contributed by atoms with Crippen LogP contribution >= 0.6 is 15.9 Å². The average Bonchev–Trinajstić information content (AvgIpc) is 2.08. The predicted molar refractivity (Wildman–Crippen MR) is 47.7 cm³/mol. The summed E-state index contributed by atoms with van der Waals surface area (Å²) in [4.78, 5) is 14.8. The van der Waals surface area contributed by atoms with Gasteiger partial charge in [0.15, 0.2) is 0 Å². The summed E-state index contributed by atoms with van der Waals surface area (Å²) >= 11 is 3.16. The molecule has 0 saturated heterocycles. The van der Waals surface area contributed by atoms with E-state index >= 15 is 0 Å². The summed E-state index contributed by atoms with van der Waals surface area (Å²) in [6, 6.07) is 0. The lowest BCUT2D eigenvalue weighted by Gasteiger charge is -2.02. The quantitative estimate of drug-likeness (QED) is 0.737. The molecule has 0 aromatic carbocycles. The summed E-state index contributed by atoms with van der Waals surface area (Å²) in [6.45, 7) is 0. The van der Waals surface area contributed by atoms with Crippen LogP contribution in [-0.4, -0.2) is 18.1 Å². The van der Waals surface area contributed by atoms with Gasteiger partial charge in [0.2, 0.25) is 0 Å². The second kappa shape index (κ2) is 3.53. The van der Waals surface area contributed by atoms with Crippen LogP contribution in [0.3, 0.4) is 0 Å².